The van der Waals surface area contributed by atoms with E-state index < -0.39 is 87.0 Å². The van der Waals surface area contributed by atoms with Crippen molar-refractivity contribution in [3.05, 3.63) is 39.7 Å². The number of ether oxygens (including phenoxy) is 2. The van der Waals surface area contributed by atoms with Gasteiger partial charge >= 0.3 is 13.4 Å². The fourth-order valence-electron chi connectivity index (χ4n) is 5.23. The van der Waals surface area contributed by atoms with Crippen LogP contribution in [0.25, 0.3) is 22.3 Å². The predicted octanol–water partition coefficient (Wildman–Crippen LogP) is -0.443. The fraction of sp³-hybridized carbons (Fsp3) is 0.500. The van der Waals surface area contributed by atoms with E-state index in [1.54, 1.807) is 0 Å². The van der Waals surface area contributed by atoms with E-state index in [9.17, 15) is 19.4 Å². The highest BCUT2D eigenvalue weighted by Gasteiger charge is 2.53. The van der Waals surface area contributed by atoms with Crippen LogP contribution in [0.4, 0.5) is 14.7 Å². The second-order valence-electron chi connectivity index (χ2n) is 10.0. The molecule has 19 nitrogen and oxygen atoms in total. The molecule has 3 saturated heterocycles. The van der Waals surface area contributed by atoms with Gasteiger partial charge in [0.25, 0.3) is 11.1 Å². The van der Waals surface area contributed by atoms with Crippen molar-refractivity contribution in [2.45, 2.75) is 49.2 Å². The SMILES string of the molecule is Nc1nc2c(ncn2[C@@H]2O[C@@H]3CO[P@@](O)(=S)O[C@H]4[C@H](F)[C@H](n5cnc6c(=O)[nH]cnc65)O[C@@H]4CO[P@@](O)(=S)O[C@@H]2[C@@H]3F)c(=O)[nH]1. The highest BCUT2D eigenvalue weighted by atomic mass is 32.5. The average Bonchev–Trinajstić information content (AvgIpc) is 3.72. The van der Waals surface area contributed by atoms with Gasteiger partial charge in [0.2, 0.25) is 5.95 Å². The molecule has 242 valence electrons. The Morgan fingerprint density at radius 2 is 1.47 bits per heavy atom. The number of halogens is 2. The minimum absolute atomic E-state index is 0.0181. The van der Waals surface area contributed by atoms with Gasteiger partial charge in [-0.2, -0.15) is 4.98 Å². The number of H-pyrrole nitrogens is 2. The number of nitrogens with zero attached hydrogens (tertiary/aromatic N) is 6. The van der Waals surface area contributed by atoms with Crippen molar-refractivity contribution in [3.63, 3.8) is 0 Å². The third-order valence-electron chi connectivity index (χ3n) is 7.21. The number of hydrogen-bond donors (Lipinski definition) is 5. The molecule has 4 aromatic heterocycles. The smallest absolute Gasteiger partial charge is 0.325 e. The van der Waals surface area contributed by atoms with E-state index in [0.717, 1.165) is 28.1 Å². The number of aromatic amines is 2. The normalized spacial score (nSPS) is 37.7. The molecule has 7 heterocycles. The molecule has 0 aromatic carbocycles. The van der Waals surface area contributed by atoms with Gasteiger partial charge in [-0.05, 0) is 23.6 Å². The first kappa shape index (κ1) is 31.0. The van der Waals surface area contributed by atoms with Gasteiger partial charge in [0.05, 0.1) is 32.2 Å². The standard InChI is InChI=1S/C20H21F2N9O10P2S2/c21-8-6-1-36-42(34,44)40-12-7(39-18(9(12)22)30-4-26-10-14(30)24-3-25-16(10)32)2-37-43(35,45)41-13(8)19(38-6)31-5-27-11-15(31)28-20(23)29-17(11)33/h3-9,12-13,18-19H,1-2H2,(H,34,44)(H,35,45)(H,24,25,32)(H3,23,28,29,33)/t6-,7-,8-,9+,12-,13-,18-,19-,42-,43-/m1/s1. The summed E-state index contributed by atoms with van der Waals surface area (Å²) in [6, 6.07) is 0. The van der Waals surface area contributed by atoms with Crippen LogP contribution < -0.4 is 16.9 Å². The van der Waals surface area contributed by atoms with E-state index in [2.05, 4.69) is 29.9 Å². The summed E-state index contributed by atoms with van der Waals surface area (Å²) in [6.45, 7) is -10.1. The van der Waals surface area contributed by atoms with Crippen molar-refractivity contribution < 1.29 is 46.1 Å². The van der Waals surface area contributed by atoms with Crippen molar-refractivity contribution >= 4 is 65.3 Å². The molecule has 3 fully saturated rings. The van der Waals surface area contributed by atoms with Gasteiger partial charge < -0.3 is 39.0 Å². The summed E-state index contributed by atoms with van der Waals surface area (Å²) in [5, 5.41) is 0. The van der Waals surface area contributed by atoms with Crippen molar-refractivity contribution in [1.29, 1.82) is 0 Å². The predicted molar refractivity (Wildman–Crippen MR) is 153 cm³/mol. The zero-order chi connectivity index (χ0) is 31.8. The lowest BCUT2D eigenvalue weighted by Gasteiger charge is -2.27. The lowest BCUT2D eigenvalue weighted by molar-refractivity contribution is -0.0599. The number of rotatable bonds is 2. The Morgan fingerprint density at radius 3 is 2.18 bits per heavy atom. The maximum absolute atomic E-state index is 16.0. The van der Waals surface area contributed by atoms with Crippen LogP contribution in [0.15, 0.2) is 28.6 Å². The number of fused-ring (bicyclic) bond motifs is 5. The van der Waals surface area contributed by atoms with E-state index in [-0.39, 0.29) is 28.3 Å². The van der Waals surface area contributed by atoms with Gasteiger partial charge in [0.1, 0.15) is 24.4 Å². The molecule has 0 amide bonds. The second-order valence-corrected chi connectivity index (χ2v) is 15.6. The Labute approximate surface area is 258 Å². The highest BCUT2D eigenvalue weighted by Crippen LogP contribution is 2.54. The minimum Gasteiger partial charge on any atom is -0.369 e. The van der Waals surface area contributed by atoms with Crippen molar-refractivity contribution in [2.75, 3.05) is 18.9 Å². The first-order chi connectivity index (χ1) is 21.3. The number of hydrogen-bond acceptors (Lipinski definition) is 15. The number of aromatic nitrogens is 8. The molecule has 45 heavy (non-hydrogen) atoms. The summed E-state index contributed by atoms with van der Waals surface area (Å²) in [5.41, 5.74) is 4.04. The molecule has 25 heteroatoms. The maximum atomic E-state index is 16.0. The third-order valence-corrected chi connectivity index (χ3v) is 10.3. The summed E-state index contributed by atoms with van der Waals surface area (Å²) in [6.07, 6.45) is -10.1. The number of alkyl halides is 2. The van der Waals surface area contributed by atoms with Crippen LogP contribution in [0, 0.1) is 0 Å². The molecule has 3 aliphatic heterocycles. The molecule has 6 N–H and O–H groups in total. The Bertz CT molecular complexity index is 2010. The lowest BCUT2D eigenvalue weighted by Crippen LogP contribution is -2.34. The first-order valence-corrected chi connectivity index (χ1v) is 18.0. The fourth-order valence-corrected chi connectivity index (χ4v) is 8.07. The van der Waals surface area contributed by atoms with E-state index in [4.69, 9.17) is 56.9 Å². The lowest BCUT2D eigenvalue weighted by atomic mass is 10.1. The first-order valence-electron chi connectivity index (χ1n) is 12.8. The number of imidazole rings is 2. The van der Waals surface area contributed by atoms with Gasteiger partial charge in [-0.1, -0.05) is 0 Å². The van der Waals surface area contributed by atoms with Crippen LogP contribution in [0.1, 0.15) is 12.5 Å². The minimum atomic E-state index is -4.37. The van der Waals surface area contributed by atoms with Gasteiger partial charge in [0.15, 0.2) is 47.1 Å². The summed E-state index contributed by atoms with van der Waals surface area (Å²) in [4.78, 5) is 66.9. The van der Waals surface area contributed by atoms with E-state index in [1.165, 1.54) is 0 Å². The second kappa shape index (κ2) is 11.2. The molecule has 10 atom stereocenters. The van der Waals surface area contributed by atoms with Crippen LogP contribution in [-0.2, 0) is 51.2 Å². The molecule has 2 bridgehead atoms. The van der Waals surface area contributed by atoms with Crippen molar-refractivity contribution in [1.82, 2.24) is 39.0 Å². The molecule has 7 rings (SSSR count). The van der Waals surface area contributed by atoms with Crippen molar-refractivity contribution in [2.24, 2.45) is 0 Å². The summed E-state index contributed by atoms with van der Waals surface area (Å²) < 4.78 is 67.6. The Morgan fingerprint density at radius 1 is 0.867 bits per heavy atom. The summed E-state index contributed by atoms with van der Waals surface area (Å²) >= 11 is 10.3. The maximum Gasteiger partial charge on any atom is 0.325 e. The molecule has 0 radical (unpaired) electrons. The Hall–Kier alpha value is -2.66. The van der Waals surface area contributed by atoms with Crippen LogP contribution in [0.5, 0.6) is 0 Å². The van der Waals surface area contributed by atoms with Gasteiger partial charge in [-0.15, -0.1) is 0 Å². The molecule has 0 spiro atoms. The Kier molecular flexibility index (Phi) is 7.74. The molecule has 3 aliphatic rings. The summed E-state index contributed by atoms with van der Waals surface area (Å²) in [7, 11) is 0. The molecule has 0 unspecified atom stereocenters. The monoisotopic (exact) mass is 711 g/mol. The third kappa shape index (κ3) is 5.55. The largest absolute Gasteiger partial charge is 0.369 e. The zero-order valence-electron chi connectivity index (χ0n) is 22.2. The molecule has 0 aliphatic carbocycles. The molecular weight excluding hydrogens is 690 g/mol. The molecule has 0 saturated carbocycles. The highest BCUT2D eigenvalue weighted by molar-refractivity contribution is 8.07. The topological polar surface area (TPSA) is 249 Å². The van der Waals surface area contributed by atoms with E-state index in [0.29, 0.717) is 0 Å². The van der Waals surface area contributed by atoms with Crippen LogP contribution >= 0.6 is 13.4 Å². The molecular formula is C20H21F2N9O10P2S2. The van der Waals surface area contributed by atoms with E-state index in [1.807, 2.05) is 0 Å². The number of nitrogens with two attached hydrogens (primary N) is 1. The van der Waals surface area contributed by atoms with E-state index >= 15 is 8.78 Å². The quantitative estimate of drug-likeness (QED) is 0.165. The average molecular weight is 712 g/mol. The van der Waals surface area contributed by atoms with Gasteiger partial charge in [0, 0.05) is 0 Å². The number of nitrogens with one attached hydrogen (secondary N) is 2. The number of anilines is 1. The van der Waals surface area contributed by atoms with Crippen molar-refractivity contribution in [3.8, 4) is 0 Å². The molecule has 4 aromatic rings. The Balaban J connectivity index is 1.21. The summed E-state index contributed by atoms with van der Waals surface area (Å²) in [5.74, 6) is -0.265. The van der Waals surface area contributed by atoms with Crippen LogP contribution in [0.3, 0.4) is 0 Å². The van der Waals surface area contributed by atoms with Gasteiger partial charge in [-0.3, -0.25) is 32.8 Å². The van der Waals surface area contributed by atoms with Crippen LogP contribution in [0.2, 0.25) is 0 Å². The van der Waals surface area contributed by atoms with Gasteiger partial charge in [-0.25, -0.2) is 23.7 Å². The zero-order valence-corrected chi connectivity index (χ0v) is 25.6. The number of nitrogen functional groups attached to an aromatic ring is 1. The van der Waals surface area contributed by atoms with Crippen LogP contribution in [-0.4, -0.2) is 98.8 Å².